The Morgan fingerprint density at radius 2 is 2.10 bits per heavy atom. The molecule has 0 unspecified atom stereocenters. The van der Waals surface area contributed by atoms with Gasteiger partial charge < -0.3 is 10.4 Å². The highest BCUT2D eigenvalue weighted by molar-refractivity contribution is 6.45. The lowest BCUT2D eigenvalue weighted by Crippen LogP contribution is -2.34. The van der Waals surface area contributed by atoms with Crippen molar-refractivity contribution in [3.05, 3.63) is 28.8 Å². The predicted octanol–water partition coefficient (Wildman–Crippen LogP) is 1.58. The fourth-order valence-corrected chi connectivity index (χ4v) is 2.07. The maximum atomic E-state index is 12.1. The topological polar surface area (TPSA) is 99.1 Å². The number of nitrogens with one attached hydrogen (secondary N) is 1. The molecule has 1 aliphatic rings. The lowest BCUT2D eigenvalue weighted by atomic mass is 10.1. The van der Waals surface area contributed by atoms with Gasteiger partial charge in [0.05, 0.1) is 16.3 Å². The van der Waals surface area contributed by atoms with Crippen molar-refractivity contribution in [2.75, 3.05) is 12.4 Å². The number of hydrogen-bond acceptors (Lipinski definition) is 4. The van der Waals surface area contributed by atoms with Gasteiger partial charge in [0.15, 0.2) is 0 Å². The average molecular weight is 310 g/mol. The van der Waals surface area contributed by atoms with Crippen LogP contribution in [0.2, 0.25) is 5.02 Å². The lowest BCUT2D eigenvalue weighted by molar-refractivity contribution is -0.130. The van der Waals surface area contributed by atoms with E-state index in [4.69, 9.17) is 16.7 Å². The van der Waals surface area contributed by atoms with Crippen molar-refractivity contribution in [3.63, 3.8) is 0 Å². The Balaban J connectivity index is 2.27. The van der Waals surface area contributed by atoms with E-state index in [0.717, 1.165) is 5.01 Å². The molecule has 0 aromatic heterocycles. The van der Waals surface area contributed by atoms with Gasteiger partial charge in [0.1, 0.15) is 5.71 Å². The highest BCUT2D eigenvalue weighted by Gasteiger charge is 2.24. The molecule has 21 heavy (non-hydrogen) atoms. The number of anilines is 1. The Bertz CT molecular complexity index is 657. The molecular formula is C13H12ClN3O4. The van der Waals surface area contributed by atoms with Gasteiger partial charge >= 0.3 is 5.97 Å². The summed E-state index contributed by atoms with van der Waals surface area (Å²) < 4.78 is 0. The summed E-state index contributed by atoms with van der Waals surface area (Å²) in [6, 6.07) is 4.29. The molecule has 0 bridgehead atoms. The Morgan fingerprint density at radius 3 is 2.71 bits per heavy atom. The summed E-state index contributed by atoms with van der Waals surface area (Å²) in [6.45, 7) is 0. The molecule has 7 nitrogen and oxygen atoms in total. The van der Waals surface area contributed by atoms with Gasteiger partial charge in [0.2, 0.25) is 5.91 Å². The standard InChI is InChI=1S/C13H12ClN3O4/c1-17-10(18)6-5-9(16-17)12(19)15-11-7(13(20)21)3-2-4-8(11)14/h2-4H,5-6H2,1H3,(H,15,19)(H,20,21). The number of rotatable bonds is 3. The number of aromatic carboxylic acids is 1. The third-order valence-electron chi connectivity index (χ3n) is 2.95. The van der Waals surface area contributed by atoms with Crippen LogP contribution in [0.25, 0.3) is 0 Å². The number of amides is 2. The first-order valence-electron chi connectivity index (χ1n) is 6.07. The van der Waals surface area contributed by atoms with Crippen LogP contribution in [0.5, 0.6) is 0 Å². The molecule has 0 fully saturated rings. The summed E-state index contributed by atoms with van der Waals surface area (Å²) in [7, 11) is 1.45. The van der Waals surface area contributed by atoms with Gasteiger partial charge in [0.25, 0.3) is 5.91 Å². The molecule has 1 aliphatic heterocycles. The van der Waals surface area contributed by atoms with Crippen molar-refractivity contribution in [1.29, 1.82) is 0 Å². The number of carboxylic acids is 1. The Labute approximate surface area is 125 Å². The van der Waals surface area contributed by atoms with Crippen molar-refractivity contribution in [2.45, 2.75) is 12.8 Å². The van der Waals surface area contributed by atoms with Gasteiger partial charge in [-0.05, 0) is 12.1 Å². The number of carboxylic acid groups (broad SMARTS) is 1. The van der Waals surface area contributed by atoms with E-state index >= 15 is 0 Å². The first-order chi connectivity index (χ1) is 9.90. The minimum absolute atomic E-state index is 0.0129. The van der Waals surface area contributed by atoms with Crippen LogP contribution in [0.15, 0.2) is 23.3 Å². The maximum Gasteiger partial charge on any atom is 0.337 e. The van der Waals surface area contributed by atoms with Crippen LogP contribution in [0.3, 0.4) is 0 Å². The van der Waals surface area contributed by atoms with E-state index in [9.17, 15) is 14.4 Å². The number of benzene rings is 1. The van der Waals surface area contributed by atoms with Crippen LogP contribution >= 0.6 is 11.6 Å². The highest BCUT2D eigenvalue weighted by Crippen LogP contribution is 2.26. The SMILES string of the molecule is CN1N=C(C(=O)Nc2c(Cl)cccc2C(=O)O)CCC1=O. The zero-order chi connectivity index (χ0) is 15.6. The molecule has 0 aliphatic carbocycles. The minimum atomic E-state index is -1.20. The number of carbonyl (C=O) groups is 3. The van der Waals surface area contributed by atoms with E-state index in [0.29, 0.717) is 0 Å². The molecular weight excluding hydrogens is 298 g/mol. The second-order valence-electron chi connectivity index (χ2n) is 4.39. The number of para-hydroxylation sites is 1. The van der Waals surface area contributed by atoms with Crippen molar-refractivity contribution >= 4 is 40.8 Å². The van der Waals surface area contributed by atoms with Crippen molar-refractivity contribution < 1.29 is 19.5 Å². The van der Waals surface area contributed by atoms with Gasteiger partial charge in [-0.1, -0.05) is 17.7 Å². The first-order valence-corrected chi connectivity index (χ1v) is 6.45. The monoisotopic (exact) mass is 309 g/mol. The van der Waals surface area contributed by atoms with E-state index in [1.807, 2.05) is 0 Å². The van der Waals surface area contributed by atoms with E-state index in [1.54, 1.807) is 0 Å². The van der Waals surface area contributed by atoms with E-state index < -0.39 is 11.9 Å². The molecule has 0 atom stereocenters. The van der Waals surface area contributed by atoms with Gasteiger partial charge in [-0.2, -0.15) is 5.10 Å². The fraction of sp³-hybridized carbons (Fsp3) is 0.231. The van der Waals surface area contributed by atoms with Crippen molar-refractivity contribution in [2.24, 2.45) is 5.10 Å². The molecule has 0 spiro atoms. The second kappa shape index (κ2) is 5.92. The van der Waals surface area contributed by atoms with E-state index in [2.05, 4.69) is 10.4 Å². The molecule has 8 heteroatoms. The Morgan fingerprint density at radius 1 is 1.38 bits per heavy atom. The molecule has 1 aromatic carbocycles. The van der Waals surface area contributed by atoms with Crippen LogP contribution in [-0.2, 0) is 9.59 Å². The van der Waals surface area contributed by atoms with Gasteiger partial charge in [0, 0.05) is 19.9 Å². The number of nitrogens with zero attached hydrogens (tertiary/aromatic N) is 2. The molecule has 110 valence electrons. The lowest BCUT2D eigenvalue weighted by Gasteiger charge is -2.19. The summed E-state index contributed by atoms with van der Waals surface area (Å²) in [6.07, 6.45) is 0.374. The van der Waals surface area contributed by atoms with Crippen LogP contribution in [0, 0.1) is 0 Å². The molecule has 0 saturated heterocycles. The summed E-state index contributed by atoms with van der Waals surface area (Å²) in [4.78, 5) is 34.6. The number of carbonyl (C=O) groups excluding carboxylic acids is 2. The highest BCUT2D eigenvalue weighted by atomic mass is 35.5. The van der Waals surface area contributed by atoms with E-state index in [1.165, 1.54) is 25.2 Å². The summed E-state index contributed by atoms with van der Waals surface area (Å²) in [5.74, 6) is -1.97. The Hall–Kier alpha value is -2.41. The number of hydrogen-bond donors (Lipinski definition) is 2. The normalized spacial score (nSPS) is 14.7. The molecule has 0 saturated carbocycles. The Kier molecular flexibility index (Phi) is 4.23. The van der Waals surface area contributed by atoms with Crippen LogP contribution in [0.1, 0.15) is 23.2 Å². The number of hydrazone groups is 1. The quantitative estimate of drug-likeness (QED) is 0.885. The van der Waals surface area contributed by atoms with Crippen molar-refractivity contribution in [1.82, 2.24) is 5.01 Å². The van der Waals surface area contributed by atoms with Gasteiger partial charge in [-0.15, -0.1) is 0 Å². The fourth-order valence-electron chi connectivity index (χ4n) is 1.85. The molecule has 2 N–H and O–H groups in total. The maximum absolute atomic E-state index is 12.1. The largest absolute Gasteiger partial charge is 0.478 e. The molecule has 1 heterocycles. The predicted molar refractivity (Wildman–Crippen MR) is 76.5 cm³/mol. The first kappa shape index (κ1) is 15.0. The average Bonchev–Trinajstić information content (AvgIpc) is 2.43. The van der Waals surface area contributed by atoms with Crippen LogP contribution < -0.4 is 5.32 Å². The molecule has 0 radical (unpaired) electrons. The van der Waals surface area contributed by atoms with Crippen molar-refractivity contribution in [3.8, 4) is 0 Å². The second-order valence-corrected chi connectivity index (χ2v) is 4.79. The minimum Gasteiger partial charge on any atom is -0.478 e. The summed E-state index contributed by atoms with van der Waals surface area (Å²) in [5.41, 5.74) is 0.0453. The zero-order valence-corrected chi connectivity index (χ0v) is 11.8. The third-order valence-corrected chi connectivity index (χ3v) is 3.27. The summed E-state index contributed by atoms with van der Waals surface area (Å²) in [5, 5.41) is 16.6. The van der Waals surface area contributed by atoms with Crippen LogP contribution in [0.4, 0.5) is 5.69 Å². The summed E-state index contributed by atoms with van der Waals surface area (Å²) >= 11 is 5.93. The zero-order valence-electron chi connectivity index (χ0n) is 11.1. The van der Waals surface area contributed by atoms with E-state index in [-0.39, 0.29) is 40.7 Å². The number of halogens is 1. The molecule has 2 amide bonds. The van der Waals surface area contributed by atoms with Gasteiger partial charge in [-0.25, -0.2) is 9.80 Å². The van der Waals surface area contributed by atoms with Crippen LogP contribution in [-0.4, -0.2) is 40.7 Å². The molecule has 2 rings (SSSR count). The van der Waals surface area contributed by atoms with Gasteiger partial charge in [-0.3, -0.25) is 9.59 Å². The molecule has 1 aromatic rings. The third kappa shape index (κ3) is 3.19. The smallest absolute Gasteiger partial charge is 0.337 e.